The number of carbonyl (C=O) groups is 2. The first kappa shape index (κ1) is 23.4. The van der Waals surface area contributed by atoms with Crippen LogP contribution in [-0.4, -0.2) is 88.4 Å². The van der Waals surface area contributed by atoms with Gasteiger partial charge >= 0.3 is 0 Å². The van der Waals surface area contributed by atoms with Crippen LogP contribution in [0.2, 0.25) is 0 Å². The largest absolute Gasteiger partial charge is 0.504 e. The Bertz CT molecular complexity index is 1190. The standard InChI is InChI=1S/C24H27N3O8/c1-27(2)8-10-5-3-4-6-11(10)23(32)25-16-14-12-7-13-22(35-9-34-13)18(28)15(12)24(33)26-17(14)20(30)21(31)19(16)29/h3-7,14,16-17,19-21,28-31H,8-9H2,1-2H3,(H,25,32)(H,26,33). The van der Waals surface area contributed by atoms with Crippen molar-refractivity contribution in [3.63, 3.8) is 0 Å². The van der Waals surface area contributed by atoms with Crippen LogP contribution in [0, 0.1) is 0 Å². The molecule has 0 radical (unpaired) electrons. The van der Waals surface area contributed by atoms with E-state index >= 15 is 0 Å². The molecular weight excluding hydrogens is 458 g/mol. The number of aliphatic hydroxyl groups is 3. The van der Waals surface area contributed by atoms with Crippen LogP contribution in [0.5, 0.6) is 17.2 Å². The molecule has 2 aromatic carbocycles. The molecular formula is C24H27N3O8. The lowest BCUT2D eigenvalue weighted by Crippen LogP contribution is -2.69. The van der Waals surface area contributed by atoms with Crippen LogP contribution < -0.4 is 20.1 Å². The molecule has 6 atom stereocenters. The summed E-state index contributed by atoms with van der Waals surface area (Å²) in [5.74, 6) is -2.26. The van der Waals surface area contributed by atoms with Crippen molar-refractivity contribution in [1.29, 1.82) is 0 Å². The number of aromatic hydroxyl groups is 1. The molecule has 186 valence electrons. The fraction of sp³-hybridized carbons (Fsp3) is 0.417. The van der Waals surface area contributed by atoms with Gasteiger partial charge in [-0.1, -0.05) is 18.2 Å². The predicted octanol–water partition coefficient (Wildman–Crippen LogP) is -0.727. The summed E-state index contributed by atoms with van der Waals surface area (Å²) in [4.78, 5) is 28.2. The van der Waals surface area contributed by atoms with E-state index in [0.29, 0.717) is 12.1 Å². The second-order valence-electron chi connectivity index (χ2n) is 9.31. The second kappa shape index (κ2) is 8.68. The molecule has 1 aliphatic carbocycles. The van der Waals surface area contributed by atoms with Crippen molar-refractivity contribution in [3.8, 4) is 17.2 Å². The minimum atomic E-state index is -1.64. The molecule has 2 aromatic rings. The molecule has 3 aliphatic rings. The quantitative estimate of drug-likeness (QED) is 0.328. The van der Waals surface area contributed by atoms with Crippen LogP contribution in [0.1, 0.15) is 37.8 Å². The van der Waals surface area contributed by atoms with Gasteiger partial charge in [-0.25, -0.2) is 0 Å². The van der Waals surface area contributed by atoms with E-state index in [4.69, 9.17) is 9.47 Å². The highest BCUT2D eigenvalue weighted by Gasteiger charge is 2.54. The van der Waals surface area contributed by atoms with Gasteiger partial charge in [-0.3, -0.25) is 9.59 Å². The summed E-state index contributed by atoms with van der Waals surface area (Å²) >= 11 is 0. The van der Waals surface area contributed by atoms with Gasteiger partial charge in [0, 0.05) is 18.0 Å². The number of phenols is 1. The molecule has 6 unspecified atom stereocenters. The van der Waals surface area contributed by atoms with Crippen LogP contribution in [0.4, 0.5) is 0 Å². The van der Waals surface area contributed by atoms with Crippen molar-refractivity contribution in [2.75, 3.05) is 20.9 Å². The molecule has 2 aliphatic heterocycles. The van der Waals surface area contributed by atoms with Crippen molar-refractivity contribution in [2.24, 2.45) is 0 Å². The Balaban J connectivity index is 1.57. The zero-order valence-electron chi connectivity index (χ0n) is 19.1. The molecule has 0 spiro atoms. The fourth-order valence-corrected chi connectivity index (χ4v) is 5.23. The SMILES string of the molecule is CN(C)Cc1ccccc1C(=O)NC1C(O)C(O)C(O)C2NC(=O)c3c(cc4c(c3O)OCO4)C12. The molecule has 11 heteroatoms. The third-order valence-corrected chi connectivity index (χ3v) is 6.81. The van der Waals surface area contributed by atoms with E-state index in [1.165, 1.54) is 6.07 Å². The van der Waals surface area contributed by atoms with Gasteiger partial charge in [0.2, 0.25) is 12.5 Å². The lowest BCUT2D eigenvalue weighted by Gasteiger charge is -2.49. The summed E-state index contributed by atoms with van der Waals surface area (Å²) in [7, 11) is 3.75. The second-order valence-corrected chi connectivity index (χ2v) is 9.31. The highest BCUT2D eigenvalue weighted by molar-refractivity contribution is 6.02. The highest BCUT2D eigenvalue weighted by Crippen LogP contribution is 2.50. The topological polar surface area (TPSA) is 161 Å². The number of nitrogens with one attached hydrogen (secondary N) is 2. The van der Waals surface area contributed by atoms with Gasteiger partial charge in [-0.05, 0) is 37.4 Å². The average molecular weight is 485 g/mol. The Morgan fingerprint density at radius 2 is 1.89 bits per heavy atom. The van der Waals surface area contributed by atoms with Gasteiger partial charge < -0.3 is 45.4 Å². The number of nitrogens with zero attached hydrogens (tertiary/aromatic N) is 1. The molecule has 11 nitrogen and oxygen atoms in total. The van der Waals surface area contributed by atoms with Crippen LogP contribution in [0.15, 0.2) is 30.3 Å². The first-order valence-corrected chi connectivity index (χ1v) is 11.2. The first-order valence-electron chi connectivity index (χ1n) is 11.2. The lowest BCUT2D eigenvalue weighted by atomic mass is 9.68. The summed E-state index contributed by atoms with van der Waals surface area (Å²) in [6.45, 7) is 0.356. The van der Waals surface area contributed by atoms with Crippen LogP contribution in [0.3, 0.4) is 0 Å². The summed E-state index contributed by atoms with van der Waals surface area (Å²) in [5.41, 5.74) is 1.31. The van der Waals surface area contributed by atoms with Crippen molar-refractivity contribution in [1.82, 2.24) is 15.5 Å². The van der Waals surface area contributed by atoms with E-state index in [-0.39, 0.29) is 29.4 Å². The third kappa shape index (κ3) is 3.76. The van der Waals surface area contributed by atoms with Crippen LogP contribution in [0.25, 0.3) is 0 Å². The molecule has 0 saturated heterocycles. The number of hydrogen-bond acceptors (Lipinski definition) is 9. The Hall–Kier alpha value is -3.38. The molecule has 2 amide bonds. The van der Waals surface area contributed by atoms with E-state index in [2.05, 4.69) is 10.6 Å². The van der Waals surface area contributed by atoms with Gasteiger partial charge in [0.05, 0.1) is 17.6 Å². The molecule has 0 bridgehead atoms. The summed E-state index contributed by atoms with van der Waals surface area (Å²) in [5, 5.41) is 48.4. The molecule has 0 aromatic heterocycles. The maximum absolute atomic E-state index is 13.4. The van der Waals surface area contributed by atoms with E-state index in [0.717, 1.165) is 5.56 Å². The van der Waals surface area contributed by atoms with Crippen molar-refractivity contribution in [3.05, 3.63) is 52.6 Å². The molecule has 1 fully saturated rings. The number of amides is 2. The lowest BCUT2D eigenvalue weighted by molar-refractivity contribution is -0.117. The van der Waals surface area contributed by atoms with E-state index in [9.17, 15) is 30.0 Å². The number of ether oxygens (including phenoxy) is 2. The number of phenolic OH excluding ortho intramolecular Hbond substituents is 1. The zero-order chi connectivity index (χ0) is 25.0. The van der Waals surface area contributed by atoms with E-state index < -0.39 is 53.9 Å². The van der Waals surface area contributed by atoms with Gasteiger partial charge in [0.15, 0.2) is 11.5 Å². The number of aliphatic hydroxyl groups excluding tert-OH is 3. The van der Waals surface area contributed by atoms with Gasteiger partial charge in [-0.15, -0.1) is 0 Å². The van der Waals surface area contributed by atoms with E-state index in [1.807, 2.05) is 31.1 Å². The van der Waals surface area contributed by atoms with Gasteiger partial charge in [-0.2, -0.15) is 0 Å². The summed E-state index contributed by atoms with van der Waals surface area (Å²) in [6.07, 6.45) is -4.72. The van der Waals surface area contributed by atoms with Crippen LogP contribution in [-0.2, 0) is 6.54 Å². The Labute approximate surface area is 200 Å². The minimum absolute atomic E-state index is 0.0208. The van der Waals surface area contributed by atoms with Gasteiger partial charge in [0.1, 0.15) is 18.3 Å². The zero-order valence-corrected chi connectivity index (χ0v) is 19.1. The van der Waals surface area contributed by atoms with E-state index in [1.54, 1.807) is 12.1 Å². The van der Waals surface area contributed by atoms with Crippen molar-refractivity contribution < 1.29 is 39.5 Å². The smallest absolute Gasteiger partial charge is 0.255 e. The maximum atomic E-state index is 13.4. The van der Waals surface area contributed by atoms with Crippen molar-refractivity contribution >= 4 is 11.8 Å². The number of hydrogen-bond donors (Lipinski definition) is 6. The highest BCUT2D eigenvalue weighted by atomic mass is 16.7. The summed E-state index contributed by atoms with van der Waals surface area (Å²) in [6, 6.07) is 6.37. The first-order chi connectivity index (χ1) is 16.7. The number of carbonyl (C=O) groups excluding carboxylic acids is 2. The minimum Gasteiger partial charge on any atom is -0.504 e. The predicted molar refractivity (Wildman–Crippen MR) is 121 cm³/mol. The molecule has 5 rings (SSSR count). The normalized spacial score (nSPS) is 28.8. The number of rotatable bonds is 4. The third-order valence-electron chi connectivity index (χ3n) is 6.81. The van der Waals surface area contributed by atoms with Crippen molar-refractivity contribution in [2.45, 2.75) is 42.9 Å². The Kier molecular flexibility index (Phi) is 5.80. The summed E-state index contributed by atoms with van der Waals surface area (Å²) < 4.78 is 10.7. The monoisotopic (exact) mass is 485 g/mol. The molecule has 35 heavy (non-hydrogen) atoms. The van der Waals surface area contributed by atoms with Crippen LogP contribution >= 0.6 is 0 Å². The molecule has 6 N–H and O–H groups in total. The van der Waals surface area contributed by atoms with Gasteiger partial charge in [0.25, 0.3) is 11.8 Å². The Morgan fingerprint density at radius 1 is 1.14 bits per heavy atom. The average Bonchev–Trinajstić information content (AvgIpc) is 3.29. The Morgan fingerprint density at radius 3 is 2.63 bits per heavy atom. The number of benzene rings is 2. The maximum Gasteiger partial charge on any atom is 0.255 e. The number of fused-ring (bicyclic) bond motifs is 4. The molecule has 1 saturated carbocycles. The fourth-order valence-electron chi connectivity index (χ4n) is 5.23. The molecule has 2 heterocycles.